The van der Waals surface area contributed by atoms with E-state index in [1.54, 1.807) is 30.6 Å². The molecule has 1 N–H and O–H groups in total. The average Bonchev–Trinajstić information content (AvgIpc) is 2.52. The highest BCUT2D eigenvalue weighted by molar-refractivity contribution is 6.33. The summed E-state index contributed by atoms with van der Waals surface area (Å²) in [5, 5.41) is 15.0. The zero-order valence-corrected chi connectivity index (χ0v) is 12.1. The van der Waals surface area contributed by atoms with Crippen LogP contribution in [0.3, 0.4) is 0 Å². The summed E-state index contributed by atoms with van der Waals surface area (Å²) in [6, 6.07) is 10.8. The van der Waals surface area contributed by atoms with E-state index in [4.69, 9.17) is 11.6 Å². The van der Waals surface area contributed by atoms with Crippen LogP contribution >= 0.6 is 11.6 Å². The van der Waals surface area contributed by atoms with Gasteiger partial charge in [-0.05, 0) is 23.8 Å². The van der Waals surface area contributed by atoms with Gasteiger partial charge in [0.15, 0.2) is 0 Å². The number of anilines is 1. The largest absolute Gasteiger partial charge is 0.375 e. The Hall–Kier alpha value is -2.73. The summed E-state index contributed by atoms with van der Waals surface area (Å²) in [5.74, 6) is 0. The zero-order valence-electron chi connectivity index (χ0n) is 11.4. The maximum Gasteiger partial charge on any atom is 0.329 e. The van der Waals surface area contributed by atoms with Gasteiger partial charge in [0.25, 0.3) is 0 Å². The minimum atomic E-state index is -0.517. The molecule has 0 spiro atoms. The van der Waals surface area contributed by atoms with Gasteiger partial charge in [-0.25, -0.2) is 4.98 Å². The lowest BCUT2D eigenvalue weighted by Gasteiger charge is -2.11. The van der Waals surface area contributed by atoms with Crippen LogP contribution in [-0.4, -0.2) is 14.9 Å². The molecule has 6 nitrogen and oxygen atoms in total. The maximum absolute atomic E-state index is 11.3. The lowest BCUT2D eigenvalue weighted by atomic mass is 10.1. The maximum atomic E-state index is 11.3. The van der Waals surface area contributed by atoms with Gasteiger partial charge in [0, 0.05) is 24.3 Å². The van der Waals surface area contributed by atoms with Crippen molar-refractivity contribution in [3.63, 3.8) is 0 Å². The van der Waals surface area contributed by atoms with Gasteiger partial charge in [0.2, 0.25) is 5.15 Å². The lowest BCUT2D eigenvalue weighted by Crippen LogP contribution is -2.05. The SMILES string of the molecule is O=[N+]([O-])c1c(Cl)nc2ccccc2c1NCc1ccncc1. The fourth-order valence-corrected chi connectivity index (χ4v) is 2.46. The first-order valence-electron chi connectivity index (χ1n) is 6.52. The summed E-state index contributed by atoms with van der Waals surface area (Å²) in [6.45, 7) is 0.424. The molecule has 0 bridgehead atoms. The van der Waals surface area contributed by atoms with Crippen LogP contribution in [-0.2, 0) is 6.54 Å². The van der Waals surface area contributed by atoms with E-state index in [0.29, 0.717) is 23.1 Å². The molecular weight excluding hydrogens is 304 g/mol. The van der Waals surface area contributed by atoms with Crippen molar-refractivity contribution in [2.45, 2.75) is 6.54 Å². The van der Waals surface area contributed by atoms with E-state index in [1.165, 1.54) is 0 Å². The number of benzene rings is 1. The molecule has 22 heavy (non-hydrogen) atoms. The molecule has 0 unspecified atom stereocenters. The highest BCUT2D eigenvalue weighted by Crippen LogP contribution is 2.37. The van der Waals surface area contributed by atoms with E-state index in [-0.39, 0.29) is 10.8 Å². The summed E-state index contributed by atoms with van der Waals surface area (Å²) in [4.78, 5) is 18.8. The number of halogens is 1. The average molecular weight is 315 g/mol. The normalized spacial score (nSPS) is 10.6. The second-order valence-electron chi connectivity index (χ2n) is 4.61. The molecule has 0 aliphatic carbocycles. The Morgan fingerprint density at radius 2 is 1.91 bits per heavy atom. The molecular formula is C15H11ClN4O2. The first kappa shape index (κ1) is 14.2. The summed E-state index contributed by atoms with van der Waals surface area (Å²) >= 11 is 5.98. The second-order valence-corrected chi connectivity index (χ2v) is 4.97. The van der Waals surface area contributed by atoms with Crippen molar-refractivity contribution in [2.24, 2.45) is 0 Å². The Kier molecular flexibility index (Phi) is 3.84. The molecule has 0 amide bonds. The number of fused-ring (bicyclic) bond motifs is 1. The first-order chi connectivity index (χ1) is 10.7. The van der Waals surface area contributed by atoms with Crippen LogP contribution in [0.1, 0.15) is 5.56 Å². The molecule has 2 heterocycles. The van der Waals surface area contributed by atoms with E-state index in [1.807, 2.05) is 18.2 Å². The first-order valence-corrected chi connectivity index (χ1v) is 6.90. The molecule has 1 aromatic carbocycles. The van der Waals surface area contributed by atoms with Gasteiger partial charge < -0.3 is 5.32 Å². The topological polar surface area (TPSA) is 81.0 Å². The van der Waals surface area contributed by atoms with E-state index in [0.717, 1.165) is 5.56 Å². The molecule has 110 valence electrons. The molecule has 2 aromatic heterocycles. The third kappa shape index (κ3) is 2.68. The number of nitrogens with zero attached hydrogens (tertiary/aromatic N) is 3. The Labute approximate surface area is 130 Å². The van der Waals surface area contributed by atoms with E-state index in [9.17, 15) is 10.1 Å². The number of nitro groups is 1. The molecule has 3 aromatic rings. The van der Waals surface area contributed by atoms with Gasteiger partial charge in [-0.2, -0.15) is 0 Å². The fraction of sp³-hybridized carbons (Fsp3) is 0.0667. The predicted molar refractivity (Wildman–Crippen MR) is 85.0 cm³/mol. The Bertz CT molecular complexity index is 840. The van der Waals surface area contributed by atoms with Gasteiger partial charge >= 0.3 is 5.69 Å². The minimum Gasteiger partial charge on any atom is -0.375 e. The summed E-state index contributed by atoms with van der Waals surface area (Å²) in [5.41, 5.74) is 1.73. The third-order valence-electron chi connectivity index (χ3n) is 3.23. The number of hydrogen-bond donors (Lipinski definition) is 1. The zero-order chi connectivity index (χ0) is 15.5. The van der Waals surface area contributed by atoms with Gasteiger partial charge in [-0.1, -0.05) is 29.8 Å². The van der Waals surface area contributed by atoms with Crippen LogP contribution in [0.15, 0.2) is 48.8 Å². The number of hydrogen-bond acceptors (Lipinski definition) is 5. The summed E-state index contributed by atoms with van der Waals surface area (Å²) in [6.07, 6.45) is 3.34. The smallest absolute Gasteiger partial charge is 0.329 e. The number of aromatic nitrogens is 2. The van der Waals surface area contributed by atoms with Crippen LogP contribution in [0.5, 0.6) is 0 Å². The van der Waals surface area contributed by atoms with Crippen LogP contribution in [0.25, 0.3) is 10.9 Å². The molecule has 7 heteroatoms. The molecule has 0 saturated carbocycles. The Morgan fingerprint density at radius 1 is 1.18 bits per heavy atom. The minimum absolute atomic E-state index is 0.124. The van der Waals surface area contributed by atoms with Crippen LogP contribution < -0.4 is 5.32 Å². The van der Waals surface area contributed by atoms with Crippen molar-refractivity contribution in [2.75, 3.05) is 5.32 Å². The quantitative estimate of drug-likeness (QED) is 0.450. The second kappa shape index (κ2) is 5.95. The molecule has 0 aliphatic rings. The van der Waals surface area contributed by atoms with Crippen molar-refractivity contribution in [3.8, 4) is 0 Å². The van der Waals surface area contributed by atoms with Gasteiger partial charge in [0.1, 0.15) is 5.69 Å². The molecule has 0 atom stereocenters. The molecule has 0 aliphatic heterocycles. The Balaban J connectivity index is 2.09. The monoisotopic (exact) mass is 314 g/mol. The molecule has 0 saturated heterocycles. The van der Waals surface area contributed by atoms with Crippen molar-refractivity contribution in [1.82, 2.24) is 9.97 Å². The number of nitrogens with one attached hydrogen (secondary N) is 1. The van der Waals surface area contributed by atoms with Gasteiger partial charge in [-0.3, -0.25) is 15.1 Å². The lowest BCUT2D eigenvalue weighted by molar-refractivity contribution is -0.384. The summed E-state index contributed by atoms with van der Waals surface area (Å²) in [7, 11) is 0. The van der Waals surface area contributed by atoms with Crippen LogP contribution in [0.2, 0.25) is 5.15 Å². The van der Waals surface area contributed by atoms with Gasteiger partial charge in [0.05, 0.1) is 10.4 Å². The van der Waals surface area contributed by atoms with Crippen LogP contribution in [0, 0.1) is 10.1 Å². The number of rotatable bonds is 4. The van der Waals surface area contributed by atoms with Crippen molar-refractivity contribution in [1.29, 1.82) is 0 Å². The highest BCUT2D eigenvalue weighted by Gasteiger charge is 2.23. The van der Waals surface area contributed by atoms with Crippen molar-refractivity contribution < 1.29 is 4.92 Å². The van der Waals surface area contributed by atoms with Crippen molar-refractivity contribution in [3.05, 3.63) is 69.6 Å². The molecule has 3 rings (SSSR count). The van der Waals surface area contributed by atoms with E-state index >= 15 is 0 Å². The van der Waals surface area contributed by atoms with Gasteiger partial charge in [-0.15, -0.1) is 0 Å². The number of pyridine rings is 2. The van der Waals surface area contributed by atoms with E-state index < -0.39 is 4.92 Å². The van der Waals surface area contributed by atoms with Crippen LogP contribution in [0.4, 0.5) is 11.4 Å². The predicted octanol–water partition coefficient (Wildman–Crippen LogP) is 3.80. The van der Waals surface area contributed by atoms with E-state index in [2.05, 4.69) is 15.3 Å². The molecule has 0 radical (unpaired) electrons. The van der Waals surface area contributed by atoms with Crippen molar-refractivity contribution >= 4 is 33.9 Å². The third-order valence-corrected chi connectivity index (χ3v) is 3.49. The summed E-state index contributed by atoms with van der Waals surface area (Å²) < 4.78 is 0. The number of para-hydroxylation sites is 1. The fourth-order valence-electron chi connectivity index (χ4n) is 2.21. The molecule has 0 fully saturated rings. The highest BCUT2D eigenvalue weighted by atomic mass is 35.5. The standard InChI is InChI=1S/C15H11ClN4O2/c16-15-14(20(21)22)13(11-3-1-2-4-12(11)19-15)18-9-10-5-7-17-8-6-10/h1-8H,9H2,(H,18,19). The Morgan fingerprint density at radius 3 is 2.64 bits per heavy atom.